The van der Waals surface area contributed by atoms with Crippen LogP contribution >= 0.6 is 11.3 Å². The standard InChI is InChI=1S/C9H12N2OS/c10-2-1-6-3-7-9(8(12)4-6)13-5-11-7/h5-6H,1-4,10H2. The predicted molar refractivity (Wildman–Crippen MR) is 51.9 cm³/mol. The number of fused-ring (bicyclic) bond motifs is 1. The van der Waals surface area contributed by atoms with E-state index in [4.69, 9.17) is 5.73 Å². The minimum absolute atomic E-state index is 0.252. The lowest BCUT2D eigenvalue weighted by atomic mass is 9.88. The second kappa shape index (κ2) is 3.55. The summed E-state index contributed by atoms with van der Waals surface area (Å²) in [5.41, 5.74) is 8.21. The number of Topliss-reactive ketones (excluding diaryl/α,β-unsaturated/α-hetero) is 1. The summed E-state index contributed by atoms with van der Waals surface area (Å²) < 4.78 is 0. The summed E-state index contributed by atoms with van der Waals surface area (Å²) in [7, 11) is 0. The molecule has 1 aliphatic rings. The van der Waals surface area contributed by atoms with Crippen molar-refractivity contribution < 1.29 is 4.79 Å². The van der Waals surface area contributed by atoms with Crippen molar-refractivity contribution in [2.24, 2.45) is 11.7 Å². The summed E-state index contributed by atoms with van der Waals surface area (Å²) in [5.74, 6) is 0.675. The summed E-state index contributed by atoms with van der Waals surface area (Å²) in [6.07, 6.45) is 2.52. The summed E-state index contributed by atoms with van der Waals surface area (Å²) in [4.78, 5) is 16.6. The van der Waals surface area contributed by atoms with Crippen molar-refractivity contribution in [3.8, 4) is 0 Å². The zero-order chi connectivity index (χ0) is 9.26. The number of ketones is 1. The first-order valence-corrected chi connectivity index (χ1v) is 5.35. The van der Waals surface area contributed by atoms with Gasteiger partial charge in [0, 0.05) is 6.42 Å². The largest absolute Gasteiger partial charge is 0.330 e. The van der Waals surface area contributed by atoms with Gasteiger partial charge in [-0.3, -0.25) is 4.79 Å². The van der Waals surface area contributed by atoms with Crippen LogP contribution in [0.15, 0.2) is 5.51 Å². The molecule has 4 heteroatoms. The topological polar surface area (TPSA) is 56.0 Å². The number of nitrogens with two attached hydrogens (primary N) is 1. The fourth-order valence-electron chi connectivity index (χ4n) is 1.78. The van der Waals surface area contributed by atoms with Gasteiger partial charge in [-0.25, -0.2) is 4.98 Å². The van der Waals surface area contributed by atoms with Gasteiger partial charge in [-0.2, -0.15) is 0 Å². The maximum absolute atomic E-state index is 11.6. The maximum atomic E-state index is 11.6. The Balaban J connectivity index is 2.19. The van der Waals surface area contributed by atoms with Crippen molar-refractivity contribution in [2.75, 3.05) is 6.54 Å². The van der Waals surface area contributed by atoms with Crippen molar-refractivity contribution in [2.45, 2.75) is 19.3 Å². The molecule has 0 spiro atoms. The molecule has 0 radical (unpaired) electrons. The number of nitrogens with zero attached hydrogens (tertiary/aromatic N) is 1. The Hall–Kier alpha value is -0.740. The van der Waals surface area contributed by atoms with E-state index in [1.807, 2.05) is 0 Å². The molecule has 0 aromatic carbocycles. The van der Waals surface area contributed by atoms with Gasteiger partial charge in [-0.1, -0.05) is 0 Å². The molecule has 0 saturated heterocycles. The summed E-state index contributed by atoms with van der Waals surface area (Å²) in [6.45, 7) is 0.664. The molecular formula is C9H12N2OS. The van der Waals surface area contributed by atoms with Crippen molar-refractivity contribution in [3.05, 3.63) is 16.1 Å². The third kappa shape index (κ3) is 1.64. The lowest BCUT2D eigenvalue weighted by Gasteiger charge is -2.18. The Bertz CT molecular complexity index is 321. The average molecular weight is 196 g/mol. The van der Waals surface area contributed by atoms with E-state index in [1.54, 1.807) is 5.51 Å². The Morgan fingerprint density at radius 1 is 1.62 bits per heavy atom. The molecule has 1 unspecified atom stereocenters. The van der Waals surface area contributed by atoms with Gasteiger partial charge in [0.2, 0.25) is 0 Å². The summed E-state index contributed by atoms with van der Waals surface area (Å²) in [6, 6.07) is 0. The van der Waals surface area contributed by atoms with Gasteiger partial charge in [0.05, 0.1) is 16.1 Å². The molecule has 1 atom stereocenters. The molecule has 2 N–H and O–H groups in total. The van der Waals surface area contributed by atoms with Crippen LogP contribution in [0.25, 0.3) is 0 Å². The first-order chi connectivity index (χ1) is 6.31. The molecule has 1 heterocycles. The van der Waals surface area contributed by atoms with E-state index in [9.17, 15) is 4.79 Å². The van der Waals surface area contributed by atoms with Crippen LogP contribution in [0, 0.1) is 5.92 Å². The van der Waals surface area contributed by atoms with Crippen LogP contribution < -0.4 is 5.73 Å². The van der Waals surface area contributed by atoms with E-state index in [0.29, 0.717) is 18.9 Å². The lowest BCUT2D eigenvalue weighted by Crippen LogP contribution is -2.21. The SMILES string of the molecule is NCCC1CC(=O)c2scnc2C1. The highest BCUT2D eigenvalue weighted by Gasteiger charge is 2.26. The second-order valence-electron chi connectivity index (χ2n) is 3.40. The number of rotatable bonds is 2. The number of hydrogen-bond acceptors (Lipinski definition) is 4. The van der Waals surface area contributed by atoms with E-state index in [0.717, 1.165) is 23.4 Å². The number of carbonyl (C=O) groups is 1. The highest BCUT2D eigenvalue weighted by molar-refractivity contribution is 7.12. The zero-order valence-electron chi connectivity index (χ0n) is 7.32. The number of thiazole rings is 1. The van der Waals surface area contributed by atoms with Gasteiger partial charge in [0.1, 0.15) is 0 Å². The Morgan fingerprint density at radius 2 is 2.46 bits per heavy atom. The van der Waals surface area contributed by atoms with Crippen molar-refractivity contribution >= 4 is 17.1 Å². The molecular weight excluding hydrogens is 184 g/mol. The van der Waals surface area contributed by atoms with E-state index in [2.05, 4.69) is 4.98 Å². The highest BCUT2D eigenvalue weighted by Crippen LogP contribution is 2.28. The van der Waals surface area contributed by atoms with Crippen molar-refractivity contribution in [1.82, 2.24) is 4.98 Å². The van der Waals surface area contributed by atoms with E-state index in [1.165, 1.54) is 11.3 Å². The van der Waals surface area contributed by atoms with Crippen LogP contribution in [0.1, 0.15) is 28.2 Å². The van der Waals surface area contributed by atoms with Gasteiger partial charge >= 0.3 is 0 Å². The molecule has 1 aromatic heterocycles. The zero-order valence-corrected chi connectivity index (χ0v) is 8.14. The molecule has 1 aromatic rings. The Labute approximate surface area is 81.0 Å². The normalized spacial score (nSPS) is 21.6. The van der Waals surface area contributed by atoms with Gasteiger partial charge in [-0.05, 0) is 25.3 Å². The summed E-state index contributed by atoms with van der Waals surface area (Å²) in [5, 5.41) is 0. The smallest absolute Gasteiger partial charge is 0.174 e. The number of hydrogen-bond donors (Lipinski definition) is 1. The fraction of sp³-hybridized carbons (Fsp3) is 0.556. The van der Waals surface area contributed by atoms with Crippen molar-refractivity contribution in [1.29, 1.82) is 0 Å². The van der Waals surface area contributed by atoms with E-state index >= 15 is 0 Å². The number of aromatic nitrogens is 1. The van der Waals surface area contributed by atoms with Gasteiger partial charge in [0.15, 0.2) is 5.78 Å². The third-order valence-electron chi connectivity index (χ3n) is 2.43. The molecule has 1 aliphatic carbocycles. The average Bonchev–Trinajstić information content (AvgIpc) is 2.53. The predicted octanol–water partition coefficient (Wildman–Crippen LogP) is 1.24. The van der Waals surface area contributed by atoms with Gasteiger partial charge < -0.3 is 5.73 Å². The third-order valence-corrected chi connectivity index (χ3v) is 3.34. The molecule has 3 nitrogen and oxygen atoms in total. The molecule has 0 saturated carbocycles. The van der Waals surface area contributed by atoms with Crippen LogP contribution in [0.2, 0.25) is 0 Å². The van der Waals surface area contributed by atoms with Crippen LogP contribution in [0.5, 0.6) is 0 Å². The minimum atomic E-state index is 0.252. The lowest BCUT2D eigenvalue weighted by molar-refractivity contribution is 0.0950. The van der Waals surface area contributed by atoms with E-state index in [-0.39, 0.29) is 5.78 Å². The van der Waals surface area contributed by atoms with Gasteiger partial charge in [0.25, 0.3) is 0 Å². The Kier molecular flexibility index (Phi) is 2.42. The summed E-state index contributed by atoms with van der Waals surface area (Å²) >= 11 is 1.46. The fourth-order valence-corrected chi connectivity index (χ4v) is 2.55. The molecule has 70 valence electrons. The second-order valence-corrected chi connectivity index (χ2v) is 4.26. The van der Waals surface area contributed by atoms with Crippen LogP contribution in [0.4, 0.5) is 0 Å². The van der Waals surface area contributed by atoms with Crippen LogP contribution in [-0.4, -0.2) is 17.3 Å². The molecule has 0 aliphatic heterocycles. The Morgan fingerprint density at radius 3 is 3.23 bits per heavy atom. The molecule has 2 rings (SSSR count). The van der Waals surface area contributed by atoms with Crippen LogP contribution in [-0.2, 0) is 6.42 Å². The highest BCUT2D eigenvalue weighted by atomic mass is 32.1. The first kappa shape index (κ1) is 8.84. The molecule has 13 heavy (non-hydrogen) atoms. The van der Waals surface area contributed by atoms with Crippen molar-refractivity contribution in [3.63, 3.8) is 0 Å². The van der Waals surface area contributed by atoms with E-state index < -0.39 is 0 Å². The molecule has 0 amide bonds. The quantitative estimate of drug-likeness (QED) is 0.774. The van der Waals surface area contributed by atoms with Gasteiger partial charge in [-0.15, -0.1) is 11.3 Å². The maximum Gasteiger partial charge on any atom is 0.174 e. The first-order valence-electron chi connectivity index (χ1n) is 4.47. The monoisotopic (exact) mass is 196 g/mol. The molecule has 0 bridgehead atoms. The number of carbonyl (C=O) groups excluding carboxylic acids is 1. The molecule has 0 fully saturated rings. The minimum Gasteiger partial charge on any atom is -0.330 e. The van der Waals surface area contributed by atoms with Crippen LogP contribution in [0.3, 0.4) is 0 Å².